The minimum Gasteiger partial charge on any atom is -0.382 e. The molecule has 72 valence electrons. The number of rotatable bonds is 4. The first kappa shape index (κ1) is 10.3. The van der Waals surface area contributed by atoms with E-state index in [2.05, 4.69) is 10.3 Å². The van der Waals surface area contributed by atoms with Crippen molar-refractivity contribution in [2.45, 2.75) is 13.0 Å². The molecular formula is C9H13ClN2O. The van der Waals surface area contributed by atoms with Gasteiger partial charge in [-0.25, -0.2) is 4.98 Å². The number of halogens is 1. The molecule has 0 saturated carbocycles. The number of nitrogens with one attached hydrogen (secondary N) is 1. The lowest BCUT2D eigenvalue weighted by Gasteiger charge is -2.11. The lowest BCUT2D eigenvalue weighted by Crippen LogP contribution is -2.17. The van der Waals surface area contributed by atoms with Gasteiger partial charge in [-0.2, -0.15) is 0 Å². The average molecular weight is 201 g/mol. The van der Waals surface area contributed by atoms with Crippen LogP contribution in [0.3, 0.4) is 0 Å². The van der Waals surface area contributed by atoms with Crippen LogP contribution in [0, 0.1) is 0 Å². The van der Waals surface area contributed by atoms with E-state index < -0.39 is 0 Å². The summed E-state index contributed by atoms with van der Waals surface area (Å²) in [5.74, 6) is 0. The largest absolute Gasteiger partial charge is 0.382 e. The number of hydrogen-bond acceptors (Lipinski definition) is 3. The number of anilines is 1. The zero-order valence-corrected chi connectivity index (χ0v) is 8.51. The van der Waals surface area contributed by atoms with Crippen molar-refractivity contribution in [2.75, 3.05) is 19.0 Å². The Morgan fingerprint density at radius 3 is 3.08 bits per heavy atom. The molecule has 0 bridgehead atoms. The maximum atomic E-state index is 5.71. The van der Waals surface area contributed by atoms with Gasteiger partial charge in [0.2, 0.25) is 0 Å². The molecule has 0 aliphatic rings. The lowest BCUT2D eigenvalue weighted by molar-refractivity contribution is 0.129. The smallest absolute Gasteiger partial charge is 0.131 e. The van der Waals surface area contributed by atoms with Crippen LogP contribution in [0.25, 0.3) is 0 Å². The van der Waals surface area contributed by atoms with Crippen LogP contribution in [-0.4, -0.2) is 24.7 Å². The van der Waals surface area contributed by atoms with Gasteiger partial charge >= 0.3 is 0 Å². The summed E-state index contributed by atoms with van der Waals surface area (Å²) in [6, 6.07) is 3.65. The molecule has 1 atom stereocenters. The molecule has 1 unspecified atom stereocenters. The Labute approximate surface area is 83.1 Å². The predicted molar refractivity (Wildman–Crippen MR) is 54.2 cm³/mol. The maximum absolute atomic E-state index is 5.71. The fourth-order valence-corrected chi connectivity index (χ4v) is 1.03. The Kier molecular flexibility index (Phi) is 3.99. The molecule has 0 aliphatic heterocycles. The summed E-state index contributed by atoms with van der Waals surface area (Å²) in [7, 11) is 1.69. The summed E-state index contributed by atoms with van der Waals surface area (Å²) in [5, 5.41) is 3.68. The molecule has 0 aromatic carbocycles. The Morgan fingerprint density at radius 1 is 1.69 bits per heavy atom. The van der Waals surface area contributed by atoms with E-state index in [4.69, 9.17) is 16.3 Å². The van der Waals surface area contributed by atoms with Crippen LogP contribution in [0.4, 0.5) is 5.69 Å². The molecule has 4 heteroatoms. The van der Waals surface area contributed by atoms with E-state index in [0.29, 0.717) is 5.15 Å². The van der Waals surface area contributed by atoms with Gasteiger partial charge in [0, 0.05) is 25.5 Å². The highest BCUT2D eigenvalue weighted by atomic mass is 35.5. The van der Waals surface area contributed by atoms with Crippen molar-refractivity contribution in [1.82, 2.24) is 4.98 Å². The van der Waals surface area contributed by atoms with Crippen molar-refractivity contribution in [3.63, 3.8) is 0 Å². The number of methoxy groups -OCH3 is 1. The number of hydrogen-bond donors (Lipinski definition) is 1. The van der Waals surface area contributed by atoms with Gasteiger partial charge in [-0.15, -0.1) is 0 Å². The van der Waals surface area contributed by atoms with E-state index in [0.717, 1.165) is 12.2 Å². The van der Waals surface area contributed by atoms with E-state index >= 15 is 0 Å². The summed E-state index contributed by atoms with van der Waals surface area (Å²) in [6.45, 7) is 2.76. The second kappa shape index (κ2) is 5.04. The van der Waals surface area contributed by atoms with Crippen LogP contribution in [0.5, 0.6) is 0 Å². The number of pyridine rings is 1. The monoisotopic (exact) mass is 200 g/mol. The van der Waals surface area contributed by atoms with Crippen LogP contribution in [0.2, 0.25) is 5.15 Å². The third-order valence-corrected chi connectivity index (χ3v) is 1.93. The number of ether oxygens (including phenoxy) is 1. The highest BCUT2D eigenvalue weighted by Gasteiger charge is 1.99. The van der Waals surface area contributed by atoms with Gasteiger partial charge in [-0.1, -0.05) is 11.6 Å². The van der Waals surface area contributed by atoms with Gasteiger partial charge in [-0.05, 0) is 19.1 Å². The van der Waals surface area contributed by atoms with E-state index in [1.807, 2.05) is 13.0 Å². The average Bonchev–Trinajstić information content (AvgIpc) is 2.14. The molecule has 1 heterocycles. The molecule has 0 spiro atoms. The van der Waals surface area contributed by atoms with E-state index in [1.54, 1.807) is 19.4 Å². The highest BCUT2D eigenvalue weighted by molar-refractivity contribution is 6.29. The zero-order chi connectivity index (χ0) is 9.68. The molecule has 3 nitrogen and oxygen atoms in total. The number of aromatic nitrogens is 1. The Bertz CT molecular complexity index is 268. The number of nitrogens with zero attached hydrogens (tertiary/aromatic N) is 1. The summed E-state index contributed by atoms with van der Waals surface area (Å²) in [6.07, 6.45) is 1.86. The van der Waals surface area contributed by atoms with Gasteiger partial charge in [0.05, 0.1) is 6.10 Å². The summed E-state index contributed by atoms with van der Waals surface area (Å²) >= 11 is 5.71. The molecule has 1 N–H and O–H groups in total. The Morgan fingerprint density at radius 2 is 2.46 bits per heavy atom. The molecule has 0 amide bonds. The van der Waals surface area contributed by atoms with Crippen LogP contribution < -0.4 is 5.32 Å². The van der Waals surface area contributed by atoms with Crippen molar-refractivity contribution in [1.29, 1.82) is 0 Å². The van der Waals surface area contributed by atoms with Gasteiger partial charge in [0.15, 0.2) is 0 Å². The first-order chi connectivity index (χ1) is 6.22. The molecule has 1 rings (SSSR count). The molecule has 0 fully saturated rings. The molecule has 0 radical (unpaired) electrons. The van der Waals surface area contributed by atoms with Crippen LogP contribution in [0.15, 0.2) is 18.3 Å². The van der Waals surface area contributed by atoms with Gasteiger partial charge in [0.1, 0.15) is 5.15 Å². The first-order valence-corrected chi connectivity index (χ1v) is 4.48. The third-order valence-electron chi connectivity index (χ3n) is 1.72. The van der Waals surface area contributed by atoms with E-state index in [-0.39, 0.29) is 6.10 Å². The second-order valence-electron chi connectivity index (χ2n) is 2.79. The molecule has 0 aliphatic carbocycles. The molecular weight excluding hydrogens is 188 g/mol. The predicted octanol–water partition coefficient (Wildman–Crippen LogP) is 2.18. The molecule has 13 heavy (non-hydrogen) atoms. The zero-order valence-electron chi connectivity index (χ0n) is 7.75. The standard InChI is InChI=1S/C9H13ClN2O/c1-7(13-2)6-12-8-3-4-11-9(10)5-8/h3-5,7H,6H2,1-2H3,(H,11,12). The van der Waals surface area contributed by atoms with Gasteiger partial charge in [0.25, 0.3) is 0 Å². The topological polar surface area (TPSA) is 34.1 Å². The van der Waals surface area contributed by atoms with Crippen molar-refractivity contribution in [3.05, 3.63) is 23.5 Å². The van der Waals surface area contributed by atoms with E-state index in [9.17, 15) is 0 Å². The second-order valence-corrected chi connectivity index (χ2v) is 3.18. The first-order valence-electron chi connectivity index (χ1n) is 4.10. The highest BCUT2D eigenvalue weighted by Crippen LogP contribution is 2.11. The summed E-state index contributed by atoms with van der Waals surface area (Å²) in [5.41, 5.74) is 0.962. The Balaban J connectivity index is 2.45. The molecule has 1 aromatic rings. The molecule has 1 aromatic heterocycles. The minimum absolute atomic E-state index is 0.187. The Hall–Kier alpha value is -0.800. The summed E-state index contributed by atoms with van der Waals surface area (Å²) < 4.78 is 5.09. The van der Waals surface area contributed by atoms with Crippen LogP contribution in [0.1, 0.15) is 6.92 Å². The van der Waals surface area contributed by atoms with Crippen molar-refractivity contribution in [2.24, 2.45) is 0 Å². The van der Waals surface area contributed by atoms with Gasteiger partial charge in [-0.3, -0.25) is 0 Å². The fraction of sp³-hybridized carbons (Fsp3) is 0.444. The maximum Gasteiger partial charge on any atom is 0.131 e. The summed E-state index contributed by atoms with van der Waals surface area (Å²) in [4.78, 5) is 3.88. The lowest BCUT2D eigenvalue weighted by atomic mass is 10.3. The van der Waals surface area contributed by atoms with Crippen molar-refractivity contribution in [3.8, 4) is 0 Å². The fourth-order valence-electron chi connectivity index (χ4n) is 0.857. The van der Waals surface area contributed by atoms with E-state index in [1.165, 1.54) is 0 Å². The van der Waals surface area contributed by atoms with Crippen LogP contribution >= 0.6 is 11.6 Å². The normalized spacial score (nSPS) is 12.5. The van der Waals surface area contributed by atoms with Crippen molar-refractivity contribution < 1.29 is 4.74 Å². The molecule has 0 saturated heterocycles. The SMILES string of the molecule is COC(C)CNc1ccnc(Cl)c1. The van der Waals surface area contributed by atoms with Gasteiger partial charge < -0.3 is 10.1 Å². The minimum atomic E-state index is 0.187. The van der Waals surface area contributed by atoms with Crippen molar-refractivity contribution >= 4 is 17.3 Å². The van der Waals surface area contributed by atoms with Crippen LogP contribution in [-0.2, 0) is 4.74 Å². The quantitative estimate of drug-likeness (QED) is 0.757. The third kappa shape index (κ3) is 3.61.